The van der Waals surface area contributed by atoms with Gasteiger partial charge in [0.25, 0.3) is 0 Å². The molecule has 0 heterocycles. The van der Waals surface area contributed by atoms with Crippen molar-refractivity contribution >= 4 is 17.5 Å². The Morgan fingerprint density at radius 1 is 1.05 bits per heavy atom. The van der Waals surface area contributed by atoms with Gasteiger partial charge < -0.3 is 10.2 Å². The van der Waals surface area contributed by atoms with E-state index in [0.29, 0.717) is 12.2 Å². The Morgan fingerprint density at radius 3 is 2.43 bits per heavy atom. The minimum absolute atomic E-state index is 0.404. The normalized spacial score (nSPS) is 10.0. The van der Waals surface area contributed by atoms with Crippen molar-refractivity contribution in [1.29, 1.82) is 0 Å². The topological polar surface area (TPSA) is 49.4 Å². The van der Waals surface area contributed by atoms with Gasteiger partial charge in [-0.05, 0) is 30.2 Å². The molecule has 0 saturated carbocycles. The van der Waals surface area contributed by atoms with Crippen molar-refractivity contribution in [3.8, 4) is 0 Å². The molecule has 21 heavy (non-hydrogen) atoms. The first-order valence-electron chi connectivity index (χ1n) is 6.73. The molecule has 0 fully saturated rings. The number of hydrogen-bond acceptors (Lipinski definition) is 2. The predicted molar refractivity (Wildman–Crippen MR) is 82.7 cm³/mol. The Kier molecular flexibility index (Phi) is 4.72. The van der Waals surface area contributed by atoms with Crippen LogP contribution in [0.25, 0.3) is 0 Å². The van der Waals surface area contributed by atoms with Crippen molar-refractivity contribution in [3.63, 3.8) is 0 Å². The standard InChI is InChI=1S/C17H18N2O2/c1-13-7-6-10-15(11-13)18-16(20)17(21)19(2)12-14-8-4-3-5-9-14/h3-11H,12H2,1-2H3,(H,18,20). The van der Waals surface area contributed by atoms with Crippen molar-refractivity contribution in [2.24, 2.45) is 0 Å². The molecule has 0 atom stereocenters. The quantitative estimate of drug-likeness (QED) is 0.880. The van der Waals surface area contributed by atoms with E-state index >= 15 is 0 Å². The Morgan fingerprint density at radius 2 is 1.76 bits per heavy atom. The van der Waals surface area contributed by atoms with Gasteiger partial charge in [-0.25, -0.2) is 0 Å². The first-order valence-corrected chi connectivity index (χ1v) is 6.73. The minimum atomic E-state index is -0.626. The number of anilines is 1. The molecule has 0 aliphatic carbocycles. The van der Waals surface area contributed by atoms with Crippen molar-refractivity contribution in [2.45, 2.75) is 13.5 Å². The van der Waals surface area contributed by atoms with Crippen molar-refractivity contribution in [1.82, 2.24) is 4.90 Å². The Hall–Kier alpha value is -2.62. The highest BCUT2D eigenvalue weighted by Crippen LogP contribution is 2.10. The lowest BCUT2D eigenvalue weighted by molar-refractivity contribution is -0.142. The number of nitrogens with zero attached hydrogens (tertiary/aromatic N) is 1. The fourth-order valence-corrected chi connectivity index (χ4v) is 2.01. The summed E-state index contributed by atoms with van der Waals surface area (Å²) in [6.07, 6.45) is 0. The van der Waals surface area contributed by atoms with Gasteiger partial charge in [0.05, 0.1) is 0 Å². The van der Waals surface area contributed by atoms with E-state index < -0.39 is 11.8 Å². The summed E-state index contributed by atoms with van der Waals surface area (Å²) in [5.41, 5.74) is 2.64. The third kappa shape index (κ3) is 4.18. The molecule has 0 radical (unpaired) electrons. The van der Waals surface area contributed by atoms with E-state index in [1.807, 2.05) is 55.5 Å². The molecule has 0 spiro atoms. The fourth-order valence-electron chi connectivity index (χ4n) is 2.01. The second kappa shape index (κ2) is 6.70. The average Bonchev–Trinajstić information content (AvgIpc) is 2.47. The number of likely N-dealkylation sites (N-methyl/N-ethyl adjacent to an activating group) is 1. The number of nitrogens with one attached hydrogen (secondary N) is 1. The number of aryl methyl sites for hydroxylation is 1. The van der Waals surface area contributed by atoms with Gasteiger partial charge in [-0.3, -0.25) is 9.59 Å². The zero-order valence-electron chi connectivity index (χ0n) is 12.2. The summed E-state index contributed by atoms with van der Waals surface area (Å²) in [6, 6.07) is 16.9. The van der Waals surface area contributed by atoms with E-state index in [4.69, 9.17) is 0 Å². The largest absolute Gasteiger partial charge is 0.333 e. The van der Waals surface area contributed by atoms with Crippen LogP contribution in [0.3, 0.4) is 0 Å². The van der Waals surface area contributed by atoms with Crippen LogP contribution in [0, 0.1) is 6.92 Å². The maximum absolute atomic E-state index is 12.1. The van der Waals surface area contributed by atoms with E-state index in [1.54, 1.807) is 13.1 Å². The molecule has 0 aliphatic heterocycles. The van der Waals surface area contributed by atoms with Gasteiger partial charge in [0.15, 0.2) is 0 Å². The fraction of sp³-hybridized carbons (Fsp3) is 0.176. The van der Waals surface area contributed by atoms with Crippen LogP contribution in [-0.4, -0.2) is 23.8 Å². The van der Waals surface area contributed by atoms with Crippen molar-refractivity contribution in [2.75, 3.05) is 12.4 Å². The van der Waals surface area contributed by atoms with E-state index in [2.05, 4.69) is 5.32 Å². The Bertz CT molecular complexity index is 638. The van der Waals surface area contributed by atoms with Crippen molar-refractivity contribution < 1.29 is 9.59 Å². The Balaban J connectivity index is 1.97. The molecule has 2 aromatic carbocycles. The smallest absolute Gasteiger partial charge is 0.313 e. The molecular weight excluding hydrogens is 264 g/mol. The number of carbonyl (C=O) groups excluding carboxylic acids is 2. The highest BCUT2D eigenvalue weighted by Gasteiger charge is 2.18. The van der Waals surface area contributed by atoms with Gasteiger partial charge in [-0.15, -0.1) is 0 Å². The number of carbonyl (C=O) groups is 2. The molecule has 0 saturated heterocycles. The zero-order chi connectivity index (χ0) is 15.2. The van der Waals surface area contributed by atoms with Crippen LogP contribution in [0.4, 0.5) is 5.69 Å². The molecule has 0 aliphatic rings. The lowest BCUT2D eigenvalue weighted by Gasteiger charge is -2.16. The highest BCUT2D eigenvalue weighted by molar-refractivity contribution is 6.39. The minimum Gasteiger partial charge on any atom is -0.333 e. The van der Waals surface area contributed by atoms with Gasteiger partial charge in [0.1, 0.15) is 0 Å². The van der Waals surface area contributed by atoms with E-state index in [-0.39, 0.29) is 0 Å². The van der Waals surface area contributed by atoms with Crippen molar-refractivity contribution in [3.05, 3.63) is 65.7 Å². The maximum atomic E-state index is 12.1. The molecule has 2 amide bonds. The van der Waals surface area contributed by atoms with Crippen LogP contribution < -0.4 is 5.32 Å². The summed E-state index contributed by atoms with van der Waals surface area (Å²) in [5.74, 6) is -1.18. The lowest BCUT2D eigenvalue weighted by Crippen LogP contribution is -2.36. The summed E-state index contributed by atoms with van der Waals surface area (Å²) in [4.78, 5) is 25.4. The predicted octanol–water partition coefficient (Wildman–Crippen LogP) is 2.59. The van der Waals surface area contributed by atoms with Crippen LogP contribution in [0.2, 0.25) is 0 Å². The zero-order valence-corrected chi connectivity index (χ0v) is 12.2. The molecule has 0 bridgehead atoms. The number of benzene rings is 2. The summed E-state index contributed by atoms with van der Waals surface area (Å²) in [6.45, 7) is 2.33. The Labute approximate surface area is 124 Å². The van der Waals surface area contributed by atoms with Gasteiger partial charge in [-0.1, -0.05) is 42.5 Å². The molecule has 108 valence electrons. The van der Waals surface area contributed by atoms with Crippen LogP contribution in [0.5, 0.6) is 0 Å². The molecule has 1 N–H and O–H groups in total. The maximum Gasteiger partial charge on any atom is 0.313 e. The molecule has 0 unspecified atom stereocenters. The SMILES string of the molecule is Cc1cccc(NC(=O)C(=O)N(C)Cc2ccccc2)c1. The molecule has 4 heteroatoms. The second-order valence-electron chi connectivity index (χ2n) is 4.97. The van der Waals surface area contributed by atoms with Gasteiger partial charge in [-0.2, -0.15) is 0 Å². The monoisotopic (exact) mass is 282 g/mol. The number of rotatable bonds is 3. The summed E-state index contributed by atoms with van der Waals surface area (Å²) >= 11 is 0. The third-order valence-corrected chi connectivity index (χ3v) is 3.08. The molecule has 0 aromatic heterocycles. The van der Waals surface area contributed by atoms with E-state index in [9.17, 15) is 9.59 Å². The summed E-state index contributed by atoms with van der Waals surface area (Å²) in [5, 5.41) is 2.62. The van der Waals surface area contributed by atoms with Gasteiger partial charge in [0.2, 0.25) is 0 Å². The van der Waals surface area contributed by atoms with E-state index in [1.165, 1.54) is 4.90 Å². The van der Waals surface area contributed by atoms with Crippen LogP contribution >= 0.6 is 0 Å². The van der Waals surface area contributed by atoms with Gasteiger partial charge >= 0.3 is 11.8 Å². The second-order valence-corrected chi connectivity index (χ2v) is 4.97. The molecule has 4 nitrogen and oxygen atoms in total. The third-order valence-electron chi connectivity index (χ3n) is 3.08. The van der Waals surface area contributed by atoms with Crippen LogP contribution in [0.15, 0.2) is 54.6 Å². The van der Waals surface area contributed by atoms with Crippen LogP contribution in [0.1, 0.15) is 11.1 Å². The number of hydrogen-bond donors (Lipinski definition) is 1. The summed E-state index contributed by atoms with van der Waals surface area (Å²) in [7, 11) is 1.62. The highest BCUT2D eigenvalue weighted by atomic mass is 16.2. The molecule has 2 rings (SSSR count). The number of amides is 2. The first kappa shape index (κ1) is 14.8. The molecular formula is C17H18N2O2. The van der Waals surface area contributed by atoms with Gasteiger partial charge in [0, 0.05) is 19.3 Å². The van der Waals surface area contributed by atoms with E-state index in [0.717, 1.165) is 11.1 Å². The summed E-state index contributed by atoms with van der Waals surface area (Å²) < 4.78 is 0. The average molecular weight is 282 g/mol. The lowest BCUT2D eigenvalue weighted by atomic mass is 10.2. The van der Waals surface area contributed by atoms with Crippen LogP contribution in [-0.2, 0) is 16.1 Å². The molecule has 2 aromatic rings. The first-order chi connectivity index (χ1) is 10.1.